The number of nitro benzene ring substituents is 1. The Morgan fingerprint density at radius 3 is 2.79 bits per heavy atom. The Morgan fingerprint density at radius 2 is 2.21 bits per heavy atom. The summed E-state index contributed by atoms with van der Waals surface area (Å²) in [5.41, 5.74) is 0.659. The third-order valence-corrected chi connectivity index (χ3v) is 2.54. The van der Waals surface area contributed by atoms with Crippen LogP contribution in [0.3, 0.4) is 0 Å². The molecule has 0 saturated carbocycles. The van der Waals surface area contributed by atoms with Crippen LogP contribution in [0, 0.1) is 10.1 Å². The number of nitrogens with zero attached hydrogens (tertiary/aromatic N) is 1. The first-order valence-electron chi connectivity index (χ1n) is 6.37. The molecule has 1 aromatic rings. The molecule has 6 heteroatoms. The number of hydrogen-bond donors (Lipinski definition) is 2. The van der Waals surface area contributed by atoms with Gasteiger partial charge in [0.15, 0.2) is 0 Å². The Hall–Kier alpha value is -1.82. The van der Waals surface area contributed by atoms with E-state index in [1.54, 1.807) is 13.0 Å². The Labute approximate surface area is 112 Å². The van der Waals surface area contributed by atoms with Crippen molar-refractivity contribution in [1.82, 2.24) is 0 Å². The molecule has 0 aliphatic carbocycles. The number of ether oxygens (including phenoxy) is 1. The molecule has 0 saturated heterocycles. The predicted octanol–water partition coefficient (Wildman–Crippen LogP) is 2.57. The van der Waals surface area contributed by atoms with Crippen molar-refractivity contribution in [2.24, 2.45) is 0 Å². The van der Waals surface area contributed by atoms with Crippen molar-refractivity contribution in [1.29, 1.82) is 0 Å². The van der Waals surface area contributed by atoms with Gasteiger partial charge in [-0.3, -0.25) is 10.1 Å². The van der Waals surface area contributed by atoms with Crippen molar-refractivity contribution in [2.45, 2.75) is 32.8 Å². The van der Waals surface area contributed by atoms with Crippen molar-refractivity contribution in [3.05, 3.63) is 28.3 Å². The van der Waals surface area contributed by atoms with E-state index in [-0.39, 0.29) is 11.8 Å². The van der Waals surface area contributed by atoms with Crippen LogP contribution in [0.2, 0.25) is 0 Å². The number of hydrogen-bond acceptors (Lipinski definition) is 5. The van der Waals surface area contributed by atoms with Crippen molar-refractivity contribution in [3.8, 4) is 5.75 Å². The molecule has 0 fully saturated rings. The number of rotatable bonds is 8. The highest BCUT2D eigenvalue weighted by Gasteiger charge is 2.10. The van der Waals surface area contributed by atoms with Gasteiger partial charge in [-0.1, -0.05) is 0 Å². The van der Waals surface area contributed by atoms with E-state index in [4.69, 9.17) is 9.84 Å². The van der Waals surface area contributed by atoms with Gasteiger partial charge >= 0.3 is 0 Å². The zero-order chi connectivity index (χ0) is 14.3. The topological polar surface area (TPSA) is 84.6 Å². The average Bonchev–Trinajstić information content (AvgIpc) is 2.34. The molecule has 2 N–H and O–H groups in total. The molecule has 106 valence electrons. The fourth-order valence-corrected chi connectivity index (χ4v) is 1.67. The van der Waals surface area contributed by atoms with E-state index in [0.717, 1.165) is 6.42 Å². The number of aliphatic hydroxyl groups excluding tert-OH is 1. The van der Waals surface area contributed by atoms with E-state index in [9.17, 15) is 10.1 Å². The summed E-state index contributed by atoms with van der Waals surface area (Å²) in [7, 11) is 0. The van der Waals surface area contributed by atoms with Gasteiger partial charge in [-0.2, -0.15) is 0 Å². The summed E-state index contributed by atoms with van der Waals surface area (Å²) in [5.74, 6) is 0.481. The van der Waals surface area contributed by atoms with Gasteiger partial charge in [0.1, 0.15) is 5.75 Å². The highest BCUT2D eigenvalue weighted by atomic mass is 16.6. The summed E-state index contributed by atoms with van der Waals surface area (Å²) in [6.45, 7) is 4.68. The number of nitrogens with one attached hydrogen (secondary N) is 1. The second-order valence-electron chi connectivity index (χ2n) is 4.32. The average molecular weight is 268 g/mol. The molecule has 6 nitrogen and oxygen atoms in total. The summed E-state index contributed by atoms with van der Waals surface area (Å²) < 4.78 is 5.30. The molecular weight excluding hydrogens is 248 g/mol. The number of nitro groups is 1. The molecule has 0 aromatic heterocycles. The predicted molar refractivity (Wildman–Crippen MR) is 73.7 cm³/mol. The molecule has 0 radical (unpaired) electrons. The van der Waals surface area contributed by atoms with Gasteiger partial charge in [0.2, 0.25) is 0 Å². The minimum Gasteiger partial charge on any atom is -0.494 e. The summed E-state index contributed by atoms with van der Waals surface area (Å²) >= 11 is 0. The lowest BCUT2D eigenvalue weighted by Gasteiger charge is -2.10. The van der Waals surface area contributed by atoms with Gasteiger partial charge in [-0.15, -0.1) is 0 Å². The second-order valence-corrected chi connectivity index (χ2v) is 4.32. The normalized spacial score (nSPS) is 11.9. The molecule has 1 rings (SSSR count). The summed E-state index contributed by atoms with van der Waals surface area (Å²) in [5, 5.41) is 23.1. The smallest absolute Gasteiger partial charge is 0.275 e. The van der Waals surface area contributed by atoms with E-state index in [1.165, 1.54) is 12.1 Å². The van der Waals surface area contributed by atoms with Gasteiger partial charge in [-0.05, 0) is 26.7 Å². The lowest BCUT2D eigenvalue weighted by Crippen LogP contribution is -2.07. The highest BCUT2D eigenvalue weighted by molar-refractivity contribution is 5.56. The van der Waals surface area contributed by atoms with Gasteiger partial charge in [-0.25, -0.2) is 0 Å². The van der Waals surface area contributed by atoms with E-state index in [0.29, 0.717) is 31.0 Å². The highest BCUT2D eigenvalue weighted by Crippen LogP contribution is 2.26. The standard InChI is InChI=1S/C13H20N2O4/c1-3-19-13-8-11(7-12(9-13)15(17)18)14-6-4-5-10(2)16/h7-10,14,16H,3-6H2,1-2H3. The maximum atomic E-state index is 10.8. The number of anilines is 1. The van der Waals surface area contributed by atoms with Crippen LogP contribution >= 0.6 is 0 Å². The summed E-state index contributed by atoms with van der Waals surface area (Å²) in [6, 6.07) is 4.62. The van der Waals surface area contributed by atoms with Gasteiger partial charge in [0, 0.05) is 24.4 Å². The van der Waals surface area contributed by atoms with Gasteiger partial charge in [0.25, 0.3) is 5.69 Å². The van der Waals surface area contributed by atoms with E-state index >= 15 is 0 Å². The molecule has 0 aliphatic heterocycles. The number of aliphatic hydroxyl groups is 1. The largest absolute Gasteiger partial charge is 0.494 e. The first-order chi connectivity index (χ1) is 9.02. The van der Waals surface area contributed by atoms with Gasteiger partial charge < -0.3 is 15.2 Å². The fourth-order valence-electron chi connectivity index (χ4n) is 1.67. The minimum absolute atomic E-state index is 0.00368. The Morgan fingerprint density at radius 1 is 1.47 bits per heavy atom. The van der Waals surface area contributed by atoms with Crippen LogP contribution in [0.4, 0.5) is 11.4 Å². The molecule has 0 bridgehead atoms. The van der Waals surface area contributed by atoms with Crippen molar-refractivity contribution in [3.63, 3.8) is 0 Å². The molecule has 0 aliphatic rings. The second kappa shape index (κ2) is 7.58. The lowest BCUT2D eigenvalue weighted by molar-refractivity contribution is -0.384. The summed E-state index contributed by atoms with van der Waals surface area (Å²) in [4.78, 5) is 10.4. The van der Waals surface area contributed by atoms with Crippen molar-refractivity contribution < 1.29 is 14.8 Å². The molecule has 0 spiro atoms. The van der Waals surface area contributed by atoms with Crippen LogP contribution < -0.4 is 10.1 Å². The van der Waals surface area contributed by atoms with Crippen LogP contribution in [0.15, 0.2) is 18.2 Å². The Balaban J connectivity index is 2.67. The van der Waals surface area contributed by atoms with Gasteiger partial charge in [0.05, 0.1) is 23.7 Å². The molecule has 0 heterocycles. The van der Waals surface area contributed by atoms with Crippen LogP contribution in [-0.4, -0.2) is 29.3 Å². The zero-order valence-corrected chi connectivity index (χ0v) is 11.3. The monoisotopic (exact) mass is 268 g/mol. The molecule has 1 atom stereocenters. The maximum Gasteiger partial charge on any atom is 0.275 e. The Bertz CT molecular complexity index is 421. The van der Waals surface area contributed by atoms with Crippen LogP contribution in [0.1, 0.15) is 26.7 Å². The number of non-ortho nitro benzene ring substituents is 1. The van der Waals surface area contributed by atoms with Crippen LogP contribution in [-0.2, 0) is 0 Å². The molecular formula is C13H20N2O4. The third kappa shape index (κ3) is 5.56. The molecule has 1 unspecified atom stereocenters. The molecule has 1 aromatic carbocycles. The van der Waals surface area contributed by atoms with Crippen molar-refractivity contribution >= 4 is 11.4 Å². The fraction of sp³-hybridized carbons (Fsp3) is 0.538. The van der Waals surface area contributed by atoms with Crippen molar-refractivity contribution in [2.75, 3.05) is 18.5 Å². The zero-order valence-electron chi connectivity index (χ0n) is 11.3. The first-order valence-corrected chi connectivity index (χ1v) is 6.37. The van der Waals surface area contributed by atoms with Crippen LogP contribution in [0.25, 0.3) is 0 Å². The number of benzene rings is 1. The molecule has 19 heavy (non-hydrogen) atoms. The van der Waals surface area contributed by atoms with E-state index < -0.39 is 4.92 Å². The first kappa shape index (κ1) is 15.2. The van der Waals surface area contributed by atoms with E-state index in [1.807, 2.05) is 6.92 Å². The van der Waals surface area contributed by atoms with E-state index in [2.05, 4.69) is 5.32 Å². The minimum atomic E-state index is -0.441. The quantitative estimate of drug-likeness (QED) is 0.430. The SMILES string of the molecule is CCOc1cc(NCCCC(C)O)cc([N+](=O)[O-])c1. The summed E-state index contributed by atoms with van der Waals surface area (Å²) in [6.07, 6.45) is 1.16. The maximum absolute atomic E-state index is 10.8. The molecule has 0 amide bonds. The Kier molecular flexibility index (Phi) is 6.08. The van der Waals surface area contributed by atoms with Crippen LogP contribution in [0.5, 0.6) is 5.75 Å². The third-order valence-electron chi connectivity index (χ3n) is 2.54. The lowest BCUT2D eigenvalue weighted by atomic mass is 10.2.